The molecule has 0 atom stereocenters. The van der Waals surface area contributed by atoms with Crippen LogP contribution in [0.25, 0.3) is 0 Å². The number of pyridine rings is 1. The Morgan fingerprint density at radius 3 is 2.76 bits per heavy atom. The Kier molecular flexibility index (Phi) is 3.39. The van der Waals surface area contributed by atoms with Gasteiger partial charge in [0.25, 0.3) is 5.91 Å². The van der Waals surface area contributed by atoms with Crippen LogP contribution >= 0.6 is 0 Å². The molecule has 1 N–H and O–H groups in total. The number of nitrogens with zero attached hydrogens (tertiary/aromatic N) is 4. The van der Waals surface area contributed by atoms with Crippen molar-refractivity contribution in [1.82, 2.24) is 19.7 Å². The van der Waals surface area contributed by atoms with Crippen molar-refractivity contribution in [3.8, 4) is 0 Å². The molecule has 7 nitrogen and oxygen atoms in total. The summed E-state index contributed by atoms with van der Waals surface area (Å²) in [4.78, 5) is 28.9. The van der Waals surface area contributed by atoms with Gasteiger partial charge in [-0.25, -0.2) is 4.79 Å². The Bertz CT molecular complexity index is 681. The lowest BCUT2D eigenvalue weighted by molar-refractivity contribution is 0.0678. The number of carboxylic acid groups (broad SMARTS) is 1. The van der Waals surface area contributed by atoms with Gasteiger partial charge in [-0.15, -0.1) is 0 Å². The Morgan fingerprint density at radius 2 is 2.05 bits per heavy atom. The summed E-state index contributed by atoms with van der Waals surface area (Å²) in [6, 6.07) is 5.17. The van der Waals surface area contributed by atoms with Gasteiger partial charge < -0.3 is 10.0 Å². The standard InChI is InChI=1S/C14H14N4O3/c19-13-12-9-11(14(20)21)16-18(12)8-7-17(13)6-3-10-1-4-15-5-2-10/h1-2,4-5,9H,3,6-8H2,(H,20,21). The highest BCUT2D eigenvalue weighted by molar-refractivity contribution is 5.96. The first-order valence-corrected chi connectivity index (χ1v) is 6.64. The van der Waals surface area contributed by atoms with Crippen LogP contribution in [0.2, 0.25) is 0 Å². The molecular weight excluding hydrogens is 272 g/mol. The quantitative estimate of drug-likeness (QED) is 0.892. The average Bonchev–Trinajstić information content (AvgIpc) is 2.93. The summed E-state index contributed by atoms with van der Waals surface area (Å²) >= 11 is 0. The van der Waals surface area contributed by atoms with Gasteiger partial charge in [-0.2, -0.15) is 5.10 Å². The van der Waals surface area contributed by atoms with Gasteiger partial charge in [0.2, 0.25) is 0 Å². The van der Waals surface area contributed by atoms with Crippen LogP contribution in [0.1, 0.15) is 26.5 Å². The molecule has 0 aromatic carbocycles. The van der Waals surface area contributed by atoms with Crippen molar-refractivity contribution in [1.29, 1.82) is 0 Å². The van der Waals surface area contributed by atoms with Gasteiger partial charge in [-0.05, 0) is 24.1 Å². The van der Waals surface area contributed by atoms with Crippen molar-refractivity contribution >= 4 is 11.9 Å². The molecule has 0 saturated carbocycles. The van der Waals surface area contributed by atoms with Gasteiger partial charge in [0, 0.05) is 31.5 Å². The molecule has 0 aliphatic carbocycles. The fraction of sp³-hybridized carbons (Fsp3) is 0.286. The van der Waals surface area contributed by atoms with Gasteiger partial charge in [-0.3, -0.25) is 14.5 Å². The summed E-state index contributed by atoms with van der Waals surface area (Å²) in [5.74, 6) is -1.29. The molecule has 3 heterocycles. The van der Waals surface area contributed by atoms with Crippen LogP contribution in [-0.2, 0) is 13.0 Å². The van der Waals surface area contributed by atoms with Crippen LogP contribution < -0.4 is 0 Å². The van der Waals surface area contributed by atoms with E-state index in [-0.39, 0.29) is 11.6 Å². The first-order valence-electron chi connectivity index (χ1n) is 6.64. The van der Waals surface area contributed by atoms with E-state index in [2.05, 4.69) is 10.1 Å². The van der Waals surface area contributed by atoms with Gasteiger partial charge >= 0.3 is 5.97 Å². The van der Waals surface area contributed by atoms with E-state index in [0.29, 0.717) is 25.3 Å². The summed E-state index contributed by atoms with van der Waals surface area (Å²) < 4.78 is 1.47. The van der Waals surface area contributed by atoms with Crippen molar-refractivity contribution < 1.29 is 14.7 Å². The van der Waals surface area contributed by atoms with Crippen LogP contribution in [0.15, 0.2) is 30.6 Å². The molecule has 0 fully saturated rings. The third-order valence-electron chi connectivity index (χ3n) is 3.51. The first-order chi connectivity index (χ1) is 10.1. The monoisotopic (exact) mass is 286 g/mol. The van der Waals surface area contributed by atoms with Crippen LogP contribution in [0, 0.1) is 0 Å². The molecule has 21 heavy (non-hydrogen) atoms. The SMILES string of the molecule is O=C(O)c1cc2n(n1)CCN(CCc1ccncc1)C2=O. The second-order valence-electron chi connectivity index (χ2n) is 4.84. The number of rotatable bonds is 4. The normalized spacial score (nSPS) is 14.1. The van der Waals surface area contributed by atoms with Gasteiger partial charge in [0.15, 0.2) is 5.69 Å². The van der Waals surface area contributed by atoms with Crippen LogP contribution in [0.4, 0.5) is 0 Å². The van der Waals surface area contributed by atoms with E-state index in [4.69, 9.17) is 5.11 Å². The number of carbonyl (C=O) groups excluding carboxylic acids is 1. The maximum absolute atomic E-state index is 12.3. The molecule has 0 bridgehead atoms. The van der Waals surface area contributed by atoms with Crippen molar-refractivity contribution in [3.05, 3.63) is 47.5 Å². The lowest BCUT2D eigenvalue weighted by Gasteiger charge is -2.27. The molecule has 3 rings (SSSR count). The van der Waals surface area contributed by atoms with Gasteiger partial charge in [-0.1, -0.05) is 0 Å². The molecule has 1 aliphatic heterocycles. The molecule has 0 radical (unpaired) electrons. The molecule has 1 aliphatic rings. The Balaban J connectivity index is 1.72. The lowest BCUT2D eigenvalue weighted by Crippen LogP contribution is -2.41. The van der Waals surface area contributed by atoms with Crippen molar-refractivity contribution in [2.24, 2.45) is 0 Å². The zero-order valence-electron chi connectivity index (χ0n) is 11.3. The zero-order valence-corrected chi connectivity index (χ0v) is 11.3. The number of fused-ring (bicyclic) bond motifs is 1. The lowest BCUT2D eigenvalue weighted by atomic mass is 10.1. The Hall–Kier alpha value is -2.70. The highest BCUT2D eigenvalue weighted by atomic mass is 16.4. The molecule has 0 saturated heterocycles. The van der Waals surface area contributed by atoms with Gasteiger partial charge in [0.05, 0.1) is 6.54 Å². The minimum Gasteiger partial charge on any atom is -0.476 e. The zero-order chi connectivity index (χ0) is 14.8. The van der Waals surface area contributed by atoms with Crippen molar-refractivity contribution in [3.63, 3.8) is 0 Å². The second kappa shape index (κ2) is 5.35. The second-order valence-corrected chi connectivity index (χ2v) is 4.84. The molecule has 108 valence electrons. The Labute approximate surface area is 120 Å². The smallest absolute Gasteiger partial charge is 0.356 e. The van der Waals surface area contributed by atoms with Crippen LogP contribution in [0.3, 0.4) is 0 Å². The van der Waals surface area contributed by atoms with E-state index in [1.807, 2.05) is 12.1 Å². The number of hydrogen-bond donors (Lipinski definition) is 1. The van der Waals surface area contributed by atoms with Crippen molar-refractivity contribution in [2.75, 3.05) is 13.1 Å². The van der Waals surface area contributed by atoms with Crippen LogP contribution in [0.5, 0.6) is 0 Å². The van der Waals surface area contributed by atoms with E-state index in [9.17, 15) is 9.59 Å². The molecule has 0 spiro atoms. The predicted octanol–water partition coefficient (Wildman–Crippen LogP) is 0.675. The molecule has 0 unspecified atom stereocenters. The van der Waals surface area contributed by atoms with Crippen LogP contribution in [-0.4, -0.2) is 49.7 Å². The molecular formula is C14H14N4O3. The van der Waals surface area contributed by atoms with E-state index >= 15 is 0 Å². The molecule has 7 heteroatoms. The largest absolute Gasteiger partial charge is 0.476 e. The number of amides is 1. The number of hydrogen-bond acceptors (Lipinski definition) is 4. The fourth-order valence-electron chi connectivity index (χ4n) is 2.37. The van der Waals surface area contributed by atoms with Gasteiger partial charge in [0.1, 0.15) is 5.69 Å². The highest BCUT2D eigenvalue weighted by Gasteiger charge is 2.27. The first kappa shape index (κ1) is 13.3. The summed E-state index contributed by atoms with van der Waals surface area (Å²) in [6.07, 6.45) is 4.19. The van der Waals surface area contributed by atoms with E-state index in [0.717, 1.165) is 12.0 Å². The predicted molar refractivity (Wildman–Crippen MR) is 73.0 cm³/mol. The highest BCUT2D eigenvalue weighted by Crippen LogP contribution is 2.14. The maximum Gasteiger partial charge on any atom is 0.356 e. The van der Waals surface area contributed by atoms with E-state index in [1.165, 1.54) is 10.7 Å². The third-order valence-corrected chi connectivity index (χ3v) is 3.51. The molecule has 2 aromatic rings. The summed E-state index contributed by atoms with van der Waals surface area (Å²) in [7, 11) is 0. The summed E-state index contributed by atoms with van der Waals surface area (Å²) in [6.45, 7) is 1.65. The number of aromatic nitrogens is 3. The topological polar surface area (TPSA) is 88.3 Å². The average molecular weight is 286 g/mol. The maximum atomic E-state index is 12.3. The fourth-order valence-corrected chi connectivity index (χ4v) is 2.37. The van der Waals surface area contributed by atoms with Crippen molar-refractivity contribution in [2.45, 2.75) is 13.0 Å². The summed E-state index contributed by atoms with van der Waals surface area (Å²) in [5.41, 5.74) is 1.37. The minimum atomic E-state index is -1.12. The van der Waals surface area contributed by atoms with E-state index in [1.54, 1.807) is 17.3 Å². The third kappa shape index (κ3) is 2.62. The van der Waals surface area contributed by atoms with E-state index < -0.39 is 5.97 Å². The molecule has 2 aromatic heterocycles. The number of carboxylic acids is 1. The minimum absolute atomic E-state index is 0.0886. The summed E-state index contributed by atoms with van der Waals surface area (Å²) in [5, 5.41) is 12.8. The Morgan fingerprint density at radius 1 is 1.29 bits per heavy atom. The number of carbonyl (C=O) groups is 2. The number of aromatic carboxylic acids is 1. The molecule has 1 amide bonds.